The molecule has 150 valence electrons. The first kappa shape index (κ1) is 18.8. The number of carbonyl (C=O) groups is 1. The number of rotatable bonds is 3. The third-order valence-corrected chi connectivity index (χ3v) is 5.80. The van der Waals surface area contributed by atoms with E-state index in [4.69, 9.17) is 5.73 Å². The Morgan fingerprint density at radius 2 is 1.93 bits per heavy atom. The fourth-order valence-corrected chi connectivity index (χ4v) is 4.17. The minimum Gasteiger partial charge on any atom is -0.369 e. The summed E-state index contributed by atoms with van der Waals surface area (Å²) in [6.07, 6.45) is 3.03. The van der Waals surface area contributed by atoms with Crippen LogP contribution in [0.15, 0.2) is 24.7 Å². The van der Waals surface area contributed by atoms with Crippen molar-refractivity contribution in [2.24, 2.45) is 11.7 Å². The minimum atomic E-state index is -4.49. The van der Waals surface area contributed by atoms with Crippen molar-refractivity contribution in [1.82, 2.24) is 14.5 Å². The third kappa shape index (κ3) is 3.57. The molecule has 2 aliphatic heterocycles. The molecule has 0 saturated carbocycles. The van der Waals surface area contributed by atoms with E-state index >= 15 is 0 Å². The Hall–Kier alpha value is -2.58. The number of aryl methyl sites for hydroxylation is 1. The molecule has 28 heavy (non-hydrogen) atoms. The number of amides is 1. The number of pyridine rings is 1. The number of halogens is 3. The fraction of sp³-hybridized carbons (Fsp3) is 0.526. The quantitative estimate of drug-likeness (QED) is 0.870. The highest BCUT2D eigenvalue weighted by Gasteiger charge is 2.38. The average molecular weight is 393 g/mol. The van der Waals surface area contributed by atoms with Gasteiger partial charge in [0.2, 0.25) is 5.91 Å². The van der Waals surface area contributed by atoms with Crippen LogP contribution in [0.1, 0.15) is 42.1 Å². The molecule has 1 saturated heterocycles. The average Bonchev–Trinajstić information content (AvgIpc) is 3.15. The maximum Gasteiger partial charge on any atom is 0.419 e. The predicted molar refractivity (Wildman–Crippen MR) is 96.7 cm³/mol. The van der Waals surface area contributed by atoms with Crippen molar-refractivity contribution in [3.63, 3.8) is 0 Å². The lowest BCUT2D eigenvalue weighted by Crippen LogP contribution is -2.39. The molecule has 2 aromatic heterocycles. The highest BCUT2D eigenvalue weighted by atomic mass is 19.4. The molecule has 2 aromatic rings. The summed E-state index contributed by atoms with van der Waals surface area (Å²) in [5.74, 6) is 0.212. The monoisotopic (exact) mass is 393 g/mol. The van der Waals surface area contributed by atoms with Crippen molar-refractivity contribution in [3.05, 3.63) is 41.6 Å². The van der Waals surface area contributed by atoms with Crippen LogP contribution >= 0.6 is 0 Å². The molecule has 1 fully saturated rings. The topological polar surface area (TPSA) is 77.0 Å². The SMILES string of the molecule is NC(=O)C1CCN(c2ncc(C3CCc4nccn4C3)cc2C(F)(F)F)CC1. The van der Waals surface area contributed by atoms with Crippen molar-refractivity contribution in [3.8, 4) is 0 Å². The van der Waals surface area contributed by atoms with Crippen LogP contribution in [0.2, 0.25) is 0 Å². The molecule has 9 heteroatoms. The van der Waals surface area contributed by atoms with Crippen LogP contribution in [-0.4, -0.2) is 33.5 Å². The van der Waals surface area contributed by atoms with E-state index in [9.17, 15) is 18.0 Å². The Labute approximate surface area is 160 Å². The maximum atomic E-state index is 13.8. The van der Waals surface area contributed by atoms with Crippen molar-refractivity contribution < 1.29 is 18.0 Å². The van der Waals surface area contributed by atoms with Gasteiger partial charge in [-0.05, 0) is 30.9 Å². The van der Waals surface area contributed by atoms with Gasteiger partial charge in [0, 0.05) is 56.5 Å². The van der Waals surface area contributed by atoms with Crippen molar-refractivity contribution in [2.75, 3.05) is 18.0 Å². The van der Waals surface area contributed by atoms with Gasteiger partial charge in [-0.1, -0.05) is 0 Å². The second-order valence-electron chi connectivity index (χ2n) is 7.53. The van der Waals surface area contributed by atoms with Crippen LogP contribution < -0.4 is 10.6 Å². The summed E-state index contributed by atoms with van der Waals surface area (Å²) in [4.78, 5) is 21.4. The molecule has 2 N–H and O–H groups in total. The van der Waals surface area contributed by atoms with E-state index in [0.717, 1.165) is 18.7 Å². The lowest BCUT2D eigenvalue weighted by Gasteiger charge is -2.33. The first-order valence-electron chi connectivity index (χ1n) is 9.44. The molecule has 4 heterocycles. The Morgan fingerprint density at radius 3 is 2.61 bits per heavy atom. The number of anilines is 1. The molecule has 2 aliphatic rings. The van der Waals surface area contributed by atoms with Gasteiger partial charge >= 0.3 is 6.18 Å². The third-order valence-electron chi connectivity index (χ3n) is 5.80. The van der Waals surface area contributed by atoms with E-state index in [0.29, 0.717) is 38.0 Å². The summed E-state index contributed by atoms with van der Waals surface area (Å²) >= 11 is 0. The van der Waals surface area contributed by atoms with Gasteiger partial charge in [-0.25, -0.2) is 9.97 Å². The highest BCUT2D eigenvalue weighted by molar-refractivity contribution is 5.77. The molecule has 1 amide bonds. The number of carbonyl (C=O) groups excluding carboxylic acids is 1. The van der Waals surface area contributed by atoms with E-state index in [1.807, 2.05) is 10.8 Å². The van der Waals surface area contributed by atoms with Gasteiger partial charge in [-0.15, -0.1) is 0 Å². The number of primary amides is 1. The van der Waals surface area contributed by atoms with Gasteiger partial charge in [-0.3, -0.25) is 4.79 Å². The summed E-state index contributed by atoms with van der Waals surface area (Å²) in [5, 5.41) is 0. The smallest absolute Gasteiger partial charge is 0.369 e. The molecule has 0 aliphatic carbocycles. The summed E-state index contributed by atoms with van der Waals surface area (Å²) in [6.45, 7) is 1.29. The van der Waals surface area contributed by atoms with Gasteiger partial charge in [-0.2, -0.15) is 13.2 Å². The fourth-order valence-electron chi connectivity index (χ4n) is 4.17. The molecule has 0 radical (unpaired) electrons. The Morgan fingerprint density at radius 1 is 1.18 bits per heavy atom. The van der Waals surface area contributed by atoms with Gasteiger partial charge < -0.3 is 15.2 Å². The van der Waals surface area contributed by atoms with E-state index in [-0.39, 0.29) is 17.7 Å². The number of aromatic nitrogens is 3. The highest BCUT2D eigenvalue weighted by Crippen LogP contribution is 2.39. The normalized spacial score (nSPS) is 20.8. The van der Waals surface area contributed by atoms with E-state index < -0.39 is 17.6 Å². The number of alkyl halides is 3. The van der Waals surface area contributed by atoms with Gasteiger partial charge in [0.25, 0.3) is 0 Å². The second kappa shape index (κ2) is 7.10. The number of piperidine rings is 1. The summed E-state index contributed by atoms with van der Waals surface area (Å²) in [7, 11) is 0. The standard InChI is InChI=1S/C19H22F3N5O/c20-19(21,22)15-9-14(13-1-2-16-24-5-8-27(16)11-13)10-25-18(15)26-6-3-12(4-7-26)17(23)28/h5,8-10,12-13H,1-4,6-7,11H2,(H2,23,28). The van der Waals surface area contributed by atoms with Crippen LogP contribution in [-0.2, 0) is 23.9 Å². The van der Waals surface area contributed by atoms with Crippen LogP contribution in [0, 0.1) is 5.92 Å². The van der Waals surface area contributed by atoms with Crippen molar-refractivity contribution >= 4 is 11.7 Å². The lowest BCUT2D eigenvalue weighted by atomic mass is 9.91. The van der Waals surface area contributed by atoms with Crippen LogP contribution in [0.25, 0.3) is 0 Å². The molecule has 0 spiro atoms. The zero-order chi connectivity index (χ0) is 19.9. The summed E-state index contributed by atoms with van der Waals surface area (Å²) < 4.78 is 43.4. The number of nitrogens with two attached hydrogens (primary N) is 1. The minimum absolute atomic E-state index is 0.0232. The Kier molecular flexibility index (Phi) is 4.76. The predicted octanol–water partition coefficient (Wildman–Crippen LogP) is 2.73. The van der Waals surface area contributed by atoms with Gasteiger partial charge in [0.05, 0.1) is 5.56 Å². The number of nitrogens with zero attached hydrogens (tertiary/aromatic N) is 4. The van der Waals surface area contributed by atoms with Crippen molar-refractivity contribution in [1.29, 1.82) is 0 Å². The van der Waals surface area contributed by atoms with Crippen LogP contribution in [0.5, 0.6) is 0 Å². The maximum absolute atomic E-state index is 13.8. The van der Waals surface area contributed by atoms with Gasteiger partial charge in [0.1, 0.15) is 11.6 Å². The Balaban J connectivity index is 1.60. The molecule has 0 aromatic carbocycles. The summed E-state index contributed by atoms with van der Waals surface area (Å²) in [5.41, 5.74) is 5.21. The number of hydrogen-bond donors (Lipinski definition) is 1. The molecule has 6 nitrogen and oxygen atoms in total. The van der Waals surface area contributed by atoms with E-state index in [2.05, 4.69) is 9.97 Å². The lowest BCUT2D eigenvalue weighted by molar-refractivity contribution is -0.137. The molecule has 4 rings (SSSR count). The molecular formula is C19H22F3N5O. The zero-order valence-electron chi connectivity index (χ0n) is 15.3. The van der Waals surface area contributed by atoms with E-state index in [1.165, 1.54) is 6.07 Å². The molecule has 1 atom stereocenters. The first-order valence-corrected chi connectivity index (χ1v) is 9.44. The second-order valence-corrected chi connectivity index (χ2v) is 7.53. The zero-order valence-corrected chi connectivity index (χ0v) is 15.3. The number of hydrogen-bond acceptors (Lipinski definition) is 4. The summed E-state index contributed by atoms with van der Waals surface area (Å²) in [6, 6.07) is 1.25. The molecule has 0 bridgehead atoms. The van der Waals surface area contributed by atoms with Crippen LogP contribution in [0.3, 0.4) is 0 Å². The number of imidazole rings is 1. The molecule has 1 unspecified atom stereocenters. The first-order chi connectivity index (χ1) is 13.3. The van der Waals surface area contributed by atoms with Gasteiger partial charge in [0.15, 0.2) is 0 Å². The van der Waals surface area contributed by atoms with Crippen molar-refractivity contribution in [2.45, 2.75) is 44.3 Å². The Bertz CT molecular complexity index is 871. The number of fused-ring (bicyclic) bond motifs is 1. The van der Waals surface area contributed by atoms with E-state index in [1.54, 1.807) is 17.3 Å². The van der Waals surface area contributed by atoms with Crippen LogP contribution in [0.4, 0.5) is 19.0 Å². The largest absolute Gasteiger partial charge is 0.419 e. The molecular weight excluding hydrogens is 371 g/mol.